The molecule has 184 valence electrons. The third-order valence-electron chi connectivity index (χ3n) is 7.43. The number of hydrogen-bond acceptors (Lipinski definition) is 2. The number of nitrogens with zero attached hydrogens (tertiary/aromatic N) is 2. The van der Waals surface area contributed by atoms with Crippen molar-refractivity contribution < 1.29 is 0 Å². The molecule has 8 heteroatoms. The van der Waals surface area contributed by atoms with Gasteiger partial charge < -0.3 is 7.79 Å². The summed E-state index contributed by atoms with van der Waals surface area (Å²) in [7, 11) is -10.0. The average Bonchev–Trinajstić information content (AvgIpc) is 2.90. The lowest BCUT2D eigenvalue weighted by Gasteiger charge is -2.74. The van der Waals surface area contributed by atoms with E-state index in [0.717, 1.165) is 0 Å². The summed E-state index contributed by atoms with van der Waals surface area (Å²) in [5, 5.41) is 5.00. The van der Waals surface area contributed by atoms with E-state index in [-0.39, 0.29) is 0 Å². The first-order valence-corrected chi connectivity index (χ1v) is 24.1. The molecule has 1 aliphatic rings. The van der Waals surface area contributed by atoms with Gasteiger partial charge in [0.15, 0.2) is 16.8 Å². The first kappa shape index (κ1) is 25.9. The molecular formula is C28H32Cl2N2Si4. The van der Waals surface area contributed by atoms with Crippen molar-refractivity contribution in [2.75, 3.05) is 0 Å². The van der Waals surface area contributed by atoms with E-state index in [9.17, 15) is 0 Å². The standard InChI is InChI=1S/C28H32Cl2N2Si4/c1-33(2)31(35(29,25-17-9-5-10-18-25)26-19-11-6-12-20-26)34(3,4)32(33)36(30,27-21-13-7-14-22-27)28-23-15-8-16-24-28/h5-24H,1-4H3. The van der Waals surface area contributed by atoms with Crippen LogP contribution in [-0.4, -0.2) is 39.7 Å². The minimum atomic E-state index is -2.76. The van der Waals surface area contributed by atoms with Gasteiger partial charge in [-0.3, -0.25) is 0 Å². The fraction of sp³-hybridized carbons (Fsp3) is 0.143. The Bertz CT molecular complexity index is 1130. The van der Waals surface area contributed by atoms with E-state index in [1.54, 1.807) is 0 Å². The van der Waals surface area contributed by atoms with E-state index >= 15 is 0 Å². The summed E-state index contributed by atoms with van der Waals surface area (Å²) in [6.07, 6.45) is 0. The summed E-state index contributed by atoms with van der Waals surface area (Å²) >= 11 is 16.1. The monoisotopic (exact) mass is 578 g/mol. The van der Waals surface area contributed by atoms with Crippen molar-refractivity contribution in [1.29, 1.82) is 0 Å². The molecule has 5 rings (SSSR count). The molecule has 0 saturated carbocycles. The molecule has 0 amide bonds. The van der Waals surface area contributed by atoms with E-state index < -0.39 is 31.9 Å². The van der Waals surface area contributed by atoms with Gasteiger partial charge in [0.05, 0.1) is 0 Å². The van der Waals surface area contributed by atoms with Crippen LogP contribution in [0.3, 0.4) is 0 Å². The van der Waals surface area contributed by atoms with Gasteiger partial charge in [-0.25, -0.2) is 0 Å². The molecule has 0 aromatic heterocycles. The molecule has 36 heavy (non-hydrogen) atoms. The summed E-state index contributed by atoms with van der Waals surface area (Å²) in [4.78, 5) is 0. The summed E-state index contributed by atoms with van der Waals surface area (Å²) < 4.78 is 5.68. The lowest BCUT2D eigenvalue weighted by Crippen LogP contribution is -3.02. The Kier molecular flexibility index (Phi) is 6.85. The Morgan fingerprint density at radius 2 is 0.611 bits per heavy atom. The molecule has 0 aliphatic carbocycles. The first-order valence-electron chi connectivity index (χ1n) is 12.4. The fourth-order valence-corrected chi connectivity index (χ4v) is 49.5. The molecule has 1 heterocycles. The lowest BCUT2D eigenvalue weighted by molar-refractivity contribution is 0.639. The molecular weight excluding hydrogens is 548 g/mol. The molecule has 0 bridgehead atoms. The van der Waals surface area contributed by atoms with Crippen LogP contribution in [0.4, 0.5) is 0 Å². The van der Waals surface area contributed by atoms with Crippen LogP contribution in [-0.2, 0) is 0 Å². The predicted molar refractivity (Wildman–Crippen MR) is 166 cm³/mol. The maximum atomic E-state index is 8.05. The van der Waals surface area contributed by atoms with Crippen molar-refractivity contribution in [3.05, 3.63) is 121 Å². The zero-order valence-electron chi connectivity index (χ0n) is 21.2. The lowest BCUT2D eigenvalue weighted by atomic mass is 10.4. The summed E-state index contributed by atoms with van der Waals surface area (Å²) in [6, 6.07) is 43.1. The van der Waals surface area contributed by atoms with Crippen molar-refractivity contribution in [3.63, 3.8) is 0 Å². The number of hydrogen-bond donors (Lipinski definition) is 0. The van der Waals surface area contributed by atoms with Gasteiger partial charge in [0.2, 0.25) is 0 Å². The Labute approximate surface area is 229 Å². The minimum Gasteiger partial charge on any atom is -0.326 e. The van der Waals surface area contributed by atoms with Crippen molar-refractivity contribution in [1.82, 2.24) is 7.79 Å². The third-order valence-corrected chi connectivity index (χ3v) is 39.9. The molecule has 2 nitrogen and oxygen atoms in total. The second kappa shape index (κ2) is 9.53. The summed E-state index contributed by atoms with van der Waals surface area (Å²) in [6.45, 7) is 9.82. The number of benzene rings is 4. The molecule has 4 aromatic carbocycles. The Balaban J connectivity index is 1.72. The zero-order chi connectivity index (χ0) is 25.6. The average molecular weight is 580 g/mol. The molecule has 0 spiro atoms. The Hall–Kier alpha value is -1.75. The quantitative estimate of drug-likeness (QED) is 0.234. The van der Waals surface area contributed by atoms with E-state index in [4.69, 9.17) is 22.2 Å². The van der Waals surface area contributed by atoms with Gasteiger partial charge >= 0.3 is 0 Å². The molecule has 4 aromatic rings. The predicted octanol–water partition coefficient (Wildman–Crippen LogP) is 5.00. The Morgan fingerprint density at radius 1 is 0.417 bits per heavy atom. The zero-order valence-corrected chi connectivity index (χ0v) is 26.7. The number of rotatable bonds is 6. The second-order valence-electron chi connectivity index (χ2n) is 10.4. The maximum absolute atomic E-state index is 8.05. The Morgan fingerprint density at radius 3 is 0.806 bits per heavy atom. The van der Waals surface area contributed by atoms with Crippen LogP contribution in [0.25, 0.3) is 0 Å². The normalized spacial score (nSPS) is 17.9. The van der Waals surface area contributed by atoms with Gasteiger partial charge in [-0.05, 0) is 46.9 Å². The largest absolute Gasteiger partial charge is 0.326 e. The van der Waals surface area contributed by atoms with Crippen LogP contribution in [0.2, 0.25) is 26.2 Å². The van der Waals surface area contributed by atoms with Gasteiger partial charge in [0, 0.05) is 0 Å². The molecule has 1 saturated heterocycles. The van der Waals surface area contributed by atoms with Gasteiger partial charge in [-0.2, -0.15) is 0 Å². The van der Waals surface area contributed by atoms with Gasteiger partial charge in [-0.15, -0.1) is 22.2 Å². The molecule has 1 aliphatic heterocycles. The second-order valence-corrected chi connectivity index (χ2v) is 29.8. The maximum Gasteiger partial charge on any atom is 0.280 e. The number of halogens is 2. The van der Waals surface area contributed by atoms with Gasteiger partial charge in [-0.1, -0.05) is 121 Å². The highest BCUT2D eigenvalue weighted by Crippen LogP contribution is 2.47. The molecule has 0 atom stereocenters. The highest BCUT2D eigenvalue weighted by atomic mass is 35.6. The third kappa shape index (κ3) is 3.87. The van der Waals surface area contributed by atoms with Crippen molar-refractivity contribution >= 4 is 74.8 Å². The highest BCUT2D eigenvalue weighted by Gasteiger charge is 2.73. The SMILES string of the molecule is C[Si]1(C)N([Si](Cl)(c2ccccc2)c2ccccc2)[Si](C)(C)N1[Si](Cl)(c1ccccc1)c1ccccc1. The fourth-order valence-electron chi connectivity index (χ4n) is 6.49. The first-order chi connectivity index (χ1) is 17.2. The molecule has 0 radical (unpaired) electrons. The van der Waals surface area contributed by atoms with Crippen LogP contribution in [0, 0.1) is 0 Å². The van der Waals surface area contributed by atoms with Crippen LogP contribution in [0.1, 0.15) is 0 Å². The van der Waals surface area contributed by atoms with Crippen molar-refractivity contribution in [2.45, 2.75) is 26.2 Å². The van der Waals surface area contributed by atoms with E-state index in [1.165, 1.54) is 20.7 Å². The topological polar surface area (TPSA) is 6.48 Å². The van der Waals surface area contributed by atoms with Crippen LogP contribution in [0.15, 0.2) is 121 Å². The highest BCUT2D eigenvalue weighted by molar-refractivity contribution is 7.45. The summed E-state index contributed by atoms with van der Waals surface area (Å²) in [5.41, 5.74) is 0. The van der Waals surface area contributed by atoms with Crippen LogP contribution in [0.5, 0.6) is 0 Å². The van der Waals surface area contributed by atoms with Crippen molar-refractivity contribution in [3.8, 4) is 0 Å². The van der Waals surface area contributed by atoms with Gasteiger partial charge in [0.25, 0.3) is 15.1 Å². The van der Waals surface area contributed by atoms with Crippen LogP contribution < -0.4 is 20.7 Å². The van der Waals surface area contributed by atoms with E-state index in [1.807, 2.05) is 0 Å². The molecule has 0 unspecified atom stereocenters. The minimum absolute atomic E-state index is 1.25. The van der Waals surface area contributed by atoms with E-state index in [2.05, 4.69) is 155 Å². The smallest absolute Gasteiger partial charge is 0.280 e. The van der Waals surface area contributed by atoms with Crippen molar-refractivity contribution in [2.24, 2.45) is 0 Å². The molecule has 0 N–H and O–H groups in total. The van der Waals surface area contributed by atoms with Gasteiger partial charge in [0.1, 0.15) is 0 Å². The van der Waals surface area contributed by atoms with Crippen LogP contribution >= 0.6 is 22.2 Å². The molecule has 1 fully saturated rings. The summed E-state index contributed by atoms with van der Waals surface area (Å²) in [5.74, 6) is 0. The van der Waals surface area contributed by atoms with E-state index in [0.29, 0.717) is 0 Å².